The predicted molar refractivity (Wildman–Crippen MR) is 227 cm³/mol. The van der Waals surface area contributed by atoms with E-state index in [0.717, 1.165) is 4.90 Å². The van der Waals surface area contributed by atoms with Crippen molar-refractivity contribution in [2.24, 2.45) is 0 Å². The Balaban J connectivity index is 0.958. The van der Waals surface area contributed by atoms with Gasteiger partial charge in [0.1, 0.15) is 11.4 Å². The lowest BCUT2D eigenvalue weighted by molar-refractivity contribution is -0.137. The third kappa shape index (κ3) is 11.0. The van der Waals surface area contributed by atoms with Gasteiger partial charge >= 0.3 is 12.1 Å². The molecule has 6 rings (SSSR count). The first-order valence-corrected chi connectivity index (χ1v) is 20.5. The van der Waals surface area contributed by atoms with E-state index >= 15 is 0 Å². The molecule has 0 saturated carbocycles. The maximum absolute atomic E-state index is 14.3. The maximum Gasteiger partial charge on any atom is 0.412 e. The van der Waals surface area contributed by atoms with Crippen molar-refractivity contribution in [1.82, 2.24) is 20.2 Å². The van der Waals surface area contributed by atoms with Gasteiger partial charge in [-0.25, -0.2) is 9.59 Å². The number of nitrogens with zero attached hydrogens (tertiary/aromatic N) is 2. The minimum Gasteiger partial charge on any atom is -0.493 e. The first kappa shape index (κ1) is 46.6. The number of halogens is 1. The van der Waals surface area contributed by atoms with E-state index in [1.807, 2.05) is 0 Å². The number of amides is 4. The van der Waals surface area contributed by atoms with Gasteiger partial charge in [-0.3, -0.25) is 19.3 Å². The molecule has 0 bridgehead atoms. The van der Waals surface area contributed by atoms with Gasteiger partial charge < -0.3 is 67.6 Å². The van der Waals surface area contributed by atoms with E-state index in [2.05, 4.69) is 15.3 Å². The van der Waals surface area contributed by atoms with Crippen LogP contribution in [-0.4, -0.2) is 165 Å². The van der Waals surface area contributed by atoms with E-state index in [0.29, 0.717) is 96.6 Å². The van der Waals surface area contributed by atoms with Gasteiger partial charge in [0.15, 0.2) is 17.2 Å². The molecular formula is C42H50ClN5O15. The molecule has 0 saturated heterocycles. The second-order valence-corrected chi connectivity index (χ2v) is 14.2. The number of benzene rings is 2. The minimum absolute atomic E-state index is 0.0649. The van der Waals surface area contributed by atoms with Crippen LogP contribution < -0.4 is 29.2 Å². The molecule has 21 heteroatoms. The van der Waals surface area contributed by atoms with Crippen LogP contribution in [0.1, 0.15) is 32.5 Å². The smallest absolute Gasteiger partial charge is 0.412 e. The normalized spacial score (nSPS) is 14.5. The highest BCUT2D eigenvalue weighted by atomic mass is 35.5. The van der Waals surface area contributed by atoms with Gasteiger partial charge in [0.2, 0.25) is 5.75 Å². The molecular weight excluding hydrogens is 850 g/mol. The Morgan fingerprint density at radius 2 is 1.32 bits per heavy atom. The number of ether oxygens (including phenoxy) is 10. The van der Waals surface area contributed by atoms with Crippen LogP contribution in [0, 0.1) is 0 Å². The molecule has 2 aliphatic rings. The Labute approximate surface area is 366 Å². The van der Waals surface area contributed by atoms with Gasteiger partial charge in [-0.15, -0.1) is 11.6 Å². The molecule has 3 N–H and O–H groups in total. The van der Waals surface area contributed by atoms with Gasteiger partial charge in [0.05, 0.1) is 118 Å². The van der Waals surface area contributed by atoms with E-state index in [4.69, 9.17) is 59.0 Å². The lowest BCUT2D eigenvalue weighted by atomic mass is 9.98. The SMILES string of the molecule is COC(=O)c1cc2c3c(cc(OC(=O)NCCOCCOCCOCCOCCOCCN4C(=O)C=CC4=O)c2[nH]1)N(C(=O)c1cc2cc(OC)c(OC)c(OC)c2[nH]1)CC3CCl. The molecule has 0 spiro atoms. The summed E-state index contributed by atoms with van der Waals surface area (Å²) < 4.78 is 54.7. The number of hydrogen-bond donors (Lipinski definition) is 3. The minimum atomic E-state index is -0.792. The monoisotopic (exact) mass is 899 g/mol. The summed E-state index contributed by atoms with van der Waals surface area (Å²) in [6.45, 7) is 3.63. The molecule has 2 aliphatic heterocycles. The molecule has 0 radical (unpaired) electrons. The highest BCUT2D eigenvalue weighted by molar-refractivity contribution is 6.19. The number of methoxy groups -OCH3 is 4. The summed E-state index contributed by atoms with van der Waals surface area (Å²) in [6.07, 6.45) is 1.68. The highest BCUT2D eigenvalue weighted by Crippen LogP contribution is 2.47. The fourth-order valence-corrected chi connectivity index (χ4v) is 7.36. The molecule has 4 heterocycles. The molecule has 20 nitrogen and oxygen atoms in total. The first-order chi connectivity index (χ1) is 30.6. The average molecular weight is 900 g/mol. The van der Waals surface area contributed by atoms with Crippen molar-refractivity contribution in [2.45, 2.75) is 5.92 Å². The van der Waals surface area contributed by atoms with E-state index in [-0.39, 0.29) is 86.1 Å². The van der Waals surface area contributed by atoms with Crippen molar-refractivity contribution in [3.8, 4) is 23.0 Å². The predicted octanol–water partition coefficient (Wildman–Crippen LogP) is 3.54. The quantitative estimate of drug-likeness (QED) is 0.0374. The van der Waals surface area contributed by atoms with Gasteiger partial charge in [-0.2, -0.15) is 0 Å². The Kier molecular flexibility index (Phi) is 16.6. The molecule has 0 aliphatic carbocycles. The number of alkyl halides is 1. The van der Waals surface area contributed by atoms with Crippen LogP contribution in [0.4, 0.5) is 10.5 Å². The third-order valence-corrected chi connectivity index (χ3v) is 10.4. The third-order valence-electron chi connectivity index (χ3n) is 10.1. The fourth-order valence-electron chi connectivity index (χ4n) is 7.11. The molecule has 2 aromatic carbocycles. The van der Waals surface area contributed by atoms with E-state index < -0.39 is 12.1 Å². The fraction of sp³-hybridized carbons (Fsp3) is 0.452. The lowest BCUT2D eigenvalue weighted by Crippen LogP contribution is -2.33. The van der Waals surface area contributed by atoms with Crippen molar-refractivity contribution in [1.29, 1.82) is 0 Å². The van der Waals surface area contributed by atoms with Crippen molar-refractivity contribution in [3.05, 3.63) is 53.4 Å². The van der Waals surface area contributed by atoms with Crippen molar-refractivity contribution in [3.63, 3.8) is 0 Å². The summed E-state index contributed by atoms with van der Waals surface area (Å²) in [4.78, 5) is 71.9. The number of anilines is 1. The second-order valence-electron chi connectivity index (χ2n) is 13.9. The molecule has 63 heavy (non-hydrogen) atoms. The number of fused-ring (bicyclic) bond motifs is 4. The Morgan fingerprint density at radius 3 is 1.90 bits per heavy atom. The van der Waals surface area contributed by atoms with E-state index in [1.54, 1.807) is 29.2 Å². The molecule has 2 aromatic heterocycles. The molecule has 1 unspecified atom stereocenters. The summed E-state index contributed by atoms with van der Waals surface area (Å²) in [7, 11) is 5.74. The Bertz CT molecular complexity index is 2290. The van der Waals surface area contributed by atoms with E-state index in [1.165, 1.54) is 40.6 Å². The van der Waals surface area contributed by atoms with Crippen LogP contribution in [-0.2, 0) is 38.0 Å². The standard InChI is InChI=1S/C42H50ClN5O15/c1-54-32-20-25-19-28(45-36(25)39(56-3)38(32)55-2)40(51)48-24-26(23-43)35-27-21-29(41(52)57-4)46-37(27)31(22-30(35)48)63-42(53)44-7-9-58-11-13-60-15-17-62-18-16-61-14-12-59-10-8-47-33(49)5-6-34(47)50/h5-6,19-22,26,45-46H,7-18,23-24H2,1-4H3,(H,44,53). The number of nitrogens with one attached hydrogen (secondary N) is 3. The lowest BCUT2D eigenvalue weighted by Gasteiger charge is -2.18. The number of imide groups is 1. The number of carbonyl (C=O) groups is 5. The topological polar surface area (TPSA) is 228 Å². The number of aromatic nitrogens is 2. The molecule has 340 valence electrons. The average Bonchev–Trinajstić information content (AvgIpc) is 4.09. The molecule has 1 atom stereocenters. The van der Waals surface area contributed by atoms with Crippen molar-refractivity contribution in [2.75, 3.05) is 125 Å². The van der Waals surface area contributed by atoms with Crippen LogP contribution in [0.5, 0.6) is 23.0 Å². The number of hydrogen-bond acceptors (Lipinski definition) is 15. The Hall–Kier alpha value is -5.90. The summed E-state index contributed by atoms with van der Waals surface area (Å²) in [5.41, 5.74) is 2.38. The van der Waals surface area contributed by atoms with Crippen LogP contribution >= 0.6 is 11.6 Å². The van der Waals surface area contributed by atoms with Gasteiger partial charge in [-0.05, 0) is 23.8 Å². The zero-order chi connectivity index (χ0) is 44.9. The summed E-state index contributed by atoms with van der Waals surface area (Å²) in [5.74, 6) is -0.658. The van der Waals surface area contributed by atoms with Crippen LogP contribution in [0.2, 0.25) is 0 Å². The van der Waals surface area contributed by atoms with Crippen LogP contribution in [0.3, 0.4) is 0 Å². The Morgan fingerprint density at radius 1 is 0.714 bits per heavy atom. The summed E-state index contributed by atoms with van der Waals surface area (Å²) >= 11 is 6.49. The molecule has 4 amide bonds. The van der Waals surface area contributed by atoms with Gasteiger partial charge in [0, 0.05) is 53.9 Å². The van der Waals surface area contributed by atoms with Crippen molar-refractivity contribution >= 4 is 68.9 Å². The first-order valence-electron chi connectivity index (χ1n) is 20.0. The zero-order valence-corrected chi connectivity index (χ0v) is 36.1. The largest absolute Gasteiger partial charge is 0.493 e. The molecule has 4 aromatic rings. The van der Waals surface area contributed by atoms with E-state index in [9.17, 15) is 24.0 Å². The second kappa shape index (κ2) is 22.5. The number of aromatic amines is 2. The number of rotatable bonds is 25. The zero-order valence-electron chi connectivity index (χ0n) is 35.3. The number of carbonyl (C=O) groups excluding carboxylic acids is 5. The summed E-state index contributed by atoms with van der Waals surface area (Å²) in [6, 6.07) is 6.58. The number of H-pyrrole nitrogens is 2. The maximum atomic E-state index is 14.3. The highest BCUT2D eigenvalue weighted by Gasteiger charge is 2.37. The van der Waals surface area contributed by atoms with Gasteiger partial charge in [-0.1, -0.05) is 0 Å². The van der Waals surface area contributed by atoms with Gasteiger partial charge in [0.25, 0.3) is 17.7 Å². The van der Waals surface area contributed by atoms with Crippen molar-refractivity contribution < 1.29 is 71.3 Å². The van der Waals surface area contributed by atoms with Crippen LogP contribution in [0.25, 0.3) is 21.8 Å². The molecule has 0 fully saturated rings. The number of esters is 1. The van der Waals surface area contributed by atoms with Crippen LogP contribution in [0.15, 0.2) is 36.4 Å². The summed E-state index contributed by atoms with van der Waals surface area (Å²) in [5, 5.41) is 3.84.